The Morgan fingerprint density at radius 2 is 1.83 bits per heavy atom. The predicted molar refractivity (Wildman–Crippen MR) is 54.3 cm³/mol. The smallest absolute Gasteiger partial charge is 0.00672 e. The Morgan fingerprint density at radius 3 is 2.33 bits per heavy atom. The molecule has 1 aliphatic carbocycles. The largest absolute Gasteiger partial charge is 0.313 e. The van der Waals surface area contributed by atoms with E-state index < -0.39 is 0 Å². The molecule has 1 nitrogen and oxygen atoms in total. The molecule has 0 aliphatic heterocycles. The highest BCUT2D eigenvalue weighted by Gasteiger charge is 2.19. The van der Waals surface area contributed by atoms with Gasteiger partial charge < -0.3 is 5.32 Å². The molecule has 0 aromatic carbocycles. The molecule has 0 heterocycles. The van der Waals surface area contributed by atoms with Crippen LogP contribution in [0.2, 0.25) is 0 Å². The zero-order valence-corrected chi connectivity index (χ0v) is 8.82. The van der Waals surface area contributed by atoms with Gasteiger partial charge in [-0.25, -0.2) is 0 Å². The van der Waals surface area contributed by atoms with Gasteiger partial charge in [0.25, 0.3) is 0 Å². The van der Waals surface area contributed by atoms with E-state index in [4.69, 9.17) is 0 Å². The second-order valence-corrected chi connectivity index (χ2v) is 4.88. The van der Waals surface area contributed by atoms with E-state index in [-0.39, 0.29) is 0 Å². The minimum Gasteiger partial charge on any atom is -0.313 e. The number of rotatable bonds is 4. The molecular formula is C11H23N. The Morgan fingerprint density at radius 1 is 1.25 bits per heavy atom. The van der Waals surface area contributed by atoms with Crippen molar-refractivity contribution in [2.24, 2.45) is 5.41 Å². The molecule has 1 aliphatic rings. The van der Waals surface area contributed by atoms with E-state index in [2.05, 4.69) is 26.1 Å². The number of hydrogen-bond donors (Lipinski definition) is 1. The normalized spacial score (nSPS) is 20.2. The van der Waals surface area contributed by atoms with Crippen molar-refractivity contribution in [2.45, 2.75) is 58.9 Å². The summed E-state index contributed by atoms with van der Waals surface area (Å²) >= 11 is 0. The molecule has 1 saturated carbocycles. The molecule has 0 atom stereocenters. The zero-order chi connectivity index (χ0) is 9.03. The van der Waals surface area contributed by atoms with Crippen molar-refractivity contribution in [1.82, 2.24) is 5.32 Å². The maximum atomic E-state index is 3.67. The van der Waals surface area contributed by atoms with Crippen LogP contribution in [0.1, 0.15) is 52.9 Å². The lowest BCUT2D eigenvalue weighted by Crippen LogP contribution is -2.35. The fraction of sp³-hybridized carbons (Fsp3) is 1.00. The SMILES string of the molecule is CCC(C)(C)CNC1CCCC1. The second-order valence-electron chi connectivity index (χ2n) is 4.88. The van der Waals surface area contributed by atoms with Gasteiger partial charge in [0.2, 0.25) is 0 Å². The summed E-state index contributed by atoms with van der Waals surface area (Å²) in [7, 11) is 0. The van der Waals surface area contributed by atoms with Gasteiger partial charge in [0.1, 0.15) is 0 Å². The first kappa shape index (κ1) is 10.0. The Hall–Kier alpha value is -0.0400. The molecular weight excluding hydrogens is 146 g/mol. The maximum absolute atomic E-state index is 3.67. The van der Waals surface area contributed by atoms with E-state index in [1.165, 1.54) is 38.6 Å². The standard InChI is InChI=1S/C11H23N/c1-4-11(2,3)9-12-10-7-5-6-8-10/h10,12H,4-9H2,1-3H3. The molecule has 0 spiro atoms. The Bertz CT molecular complexity index is 123. The molecule has 0 aromatic rings. The van der Waals surface area contributed by atoms with Crippen molar-refractivity contribution in [3.05, 3.63) is 0 Å². The third-order valence-electron chi connectivity index (χ3n) is 3.18. The van der Waals surface area contributed by atoms with Crippen LogP contribution in [0.4, 0.5) is 0 Å². The van der Waals surface area contributed by atoms with Crippen LogP contribution >= 0.6 is 0 Å². The molecule has 0 aromatic heterocycles. The Kier molecular flexibility index (Phi) is 3.57. The summed E-state index contributed by atoms with van der Waals surface area (Å²) in [4.78, 5) is 0. The topological polar surface area (TPSA) is 12.0 Å². The molecule has 1 N–H and O–H groups in total. The van der Waals surface area contributed by atoms with Gasteiger partial charge >= 0.3 is 0 Å². The Balaban J connectivity index is 2.15. The van der Waals surface area contributed by atoms with Gasteiger partial charge in [-0.05, 0) is 24.7 Å². The molecule has 0 bridgehead atoms. The van der Waals surface area contributed by atoms with Crippen molar-refractivity contribution in [3.63, 3.8) is 0 Å². The van der Waals surface area contributed by atoms with Crippen molar-refractivity contribution in [1.29, 1.82) is 0 Å². The van der Waals surface area contributed by atoms with Crippen molar-refractivity contribution < 1.29 is 0 Å². The van der Waals surface area contributed by atoms with Gasteiger partial charge in [-0.15, -0.1) is 0 Å². The first-order valence-electron chi connectivity index (χ1n) is 5.37. The predicted octanol–water partition coefficient (Wildman–Crippen LogP) is 2.95. The molecule has 1 fully saturated rings. The average Bonchev–Trinajstić information content (AvgIpc) is 2.53. The van der Waals surface area contributed by atoms with Crippen LogP contribution in [0.3, 0.4) is 0 Å². The third-order valence-corrected chi connectivity index (χ3v) is 3.18. The van der Waals surface area contributed by atoms with Gasteiger partial charge in [0.05, 0.1) is 0 Å². The Labute approximate surface area is 76.9 Å². The summed E-state index contributed by atoms with van der Waals surface area (Å²) < 4.78 is 0. The van der Waals surface area contributed by atoms with E-state index in [0.717, 1.165) is 6.04 Å². The highest BCUT2D eigenvalue weighted by molar-refractivity contribution is 4.77. The highest BCUT2D eigenvalue weighted by Crippen LogP contribution is 2.21. The molecule has 12 heavy (non-hydrogen) atoms. The van der Waals surface area contributed by atoms with Crippen LogP contribution in [0, 0.1) is 5.41 Å². The van der Waals surface area contributed by atoms with E-state index in [9.17, 15) is 0 Å². The third kappa shape index (κ3) is 3.14. The summed E-state index contributed by atoms with van der Waals surface area (Å²) in [5, 5.41) is 3.67. The second kappa shape index (κ2) is 4.27. The lowest BCUT2D eigenvalue weighted by molar-refractivity contribution is 0.308. The van der Waals surface area contributed by atoms with Crippen LogP contribution < -0.4 is 5.32 Å². The summed E-state index contributed by atoms with van der Waals surface area (Å²) in [6, 6.07) is 0.829. The van der Waals surface area contributed by atoms with Crippen LogP contribution in [-0.4, -0.2) is 12.6 Å². The zero-order valence-electron chi connectivity index (χ0n) is 8.82. The summed E-state index contributed by atoms with van der Waals surface area (Å²) in [5.41, 5.74) is 0.489. The molecule has 0 radical (unpaired) electrons. The minimum absolute atomic E-state index is 0.489. The van der Waals surface area contributed by atoms with Gasteiger partial charge in [0, 0.05) is 12.6 Å². The van der Waals surface area contributed by atoms with Crippen LogP contribution in [0.15, 0.2) is 0 Å². The van der Waals surface area contributed by atoms with Gasteiger partial charge in [-0.1, -0.05) is 33.6 Å². The van der Waals surface area contributed by atoms with Crippen LogP contribution in [0.25, 0.3) is 0 Å². The molecule has 0 unspecified atom stereocenters. The van der Waals surface area contributed by atoms with Crippen LogP contribution in [0.5, 0.6) is 0 Å². The lowest BCUT2D eigenvalue weighted by atomic mass is 9.90. The first-order chi connectivity index (χ1) is 5.64. The molecule has 1 heteroatoms. The van der Waals surface area contributed by atoms with Crippen LogP contribution in [-0.2, 0) is 0 Å². The lowest BCUT2D eigenvalue weighted by Gasteiger charge is -2.25. The first-order valence-corrected chi connectivity index (χ1v) is 5.37. The quantitative estimate of drug-likeness (QED) is 0.682. The van der Waals surface area contributed by atoms with E-state index >= 15 is 0 Å². The summed E-state index contributed by atoms with van der Waals surface area (Å²) in [6.07, 6.45) is 6.95. The number of hydrogen-bond acceptors (Lipinski definition) is 1. The number of nitrogens with one attached hydrogen (secondary N) is 1. The van der Waals surface area contributed by atoms with E-state index in [0.29, 0.717) is 5.41 Å². The van der Waals surface area contributed by atoms with Crippen molar-refractivity contribution in [2.75, 3.05) is 6.54 Å². The molecule has 72 valence electrons. The van der Waals surface area contributed by atoms with E-state index in [1.54, 1.807) is 0 Å². The van der Waals surface area contributed by atoms with E-state index in [1.807, 2.05) is 0 Å². The summed E-state index contributed by atoms with van der Waals surface area (Å²) in [5.74, 6) is 0. The van der Waals surface area contributed by atoms with Gasteiger partial charge in [-0.2, -0.15) is 0 Å². The monoisotopic (exact) mass is 169 g/mol. The maximum Gasteiger partial charge on any atom is 0.00672 e. The molecule has 1 rings (SSSR count). The fourth-order valence-corrected chi connectivity index (χ4v) is 1.68. The van der Waals surface area contributed by atoms with Crippen molar-refractivity contribution in [3.8, 4) is 0 Å². The fourth-order valence-electron chi connectivity index (χ4n) is 1.68. The summed E-state index contributed by atoms with van der Waals surface area (Å²) in [6.45, 7) is 8.15. The van der Waals surface area contributed by atoms with Gasteiger partial charge in [-0.3, -0.25) is 0 Å². The minimum atomic E-state index is 0.489. The highest BCUT2D eigenvalue weighted by atomic mass is 14.9. The van der Waals surface area contributed by atoms with Crippen molar-refractivity contribution >= 4 is 0 Å². The molecule has 0 amide bonds. The van der Waals surface area contributed by atoms with Gasteiger partial charge in [0.15, 0.2) is 0 Å². The average molecular weight is 169 g/mol. The molecule has 0 saturated heterocycles.